The first-order valence-electron chi connectivity index (χ1n) is 5.64. The smallest absolute Gasteiger partial charge is 0.222 e. The van der Waals surface area contributed by atoms with Crippen molar-refractivity contribution >= 4 is 11.7 Å². The molecule has 0 aliphatic carbocycles. The molecule has 0 atom stereocenters. The fraction of sp³-hybridized carbons (Fsp3) is 0.538. The Kier molecular flexibility index (Phi) is 5.72. The second-order valence-electron chi connectivity index (χ2n) is 4.36. The molecule has 1 rings (SSSR count). The van der Waals surface area contributed by atoms with Crippen LogP contribution in [0.3, 0.4) is 0 Å². The van der Waals surface area contributed by atoms with Gasteiger partial charge in [-0.1, -0.05) is 34.6 Å². The first-order valence-corrected chi connectivity index (χ1v) is 5.64. The summed E-state index contributed by atoms with van der Waals surface area (Å²) in [7, 11) is 0. The molecular formula is C13H22N2O. The Hall–Kier alpha value is -1.38. The maximum Gasteiger partial charge on any atom is 0.222 e. The summed E-state index contributed by atoms with van der Waals surface area (Å²) in [5.74, 6) is 0.522. The summed E-state index contributed by atoms with van der Waals surface area (Å²) in [5.41, 5.74) is 1.24. The minimum Gasteiger partial charge on any atom is -0.311 e. The molecule has 1 aromatic heterocycles. The average molecular weight is 222 g/mol. The minimum absolute atomic E-state index is 0.0795. The molecule has 16 heavy (non-hydrogen) atoms. The summed E-state index contributed by atoms with van der Waals surface area (Å²) >= 11 is 0. The molecule has 1 amide bonds. The Bertz CT molecular complexity index is 340. The number of hydrogen-bond acceptors (Lipinski definition) is 2. The maximum atomic E-state index is 10.8. The summed E-state index contributed by atoms with van der Waals surface area (Å²) in [4.78, 5) is 14.9. The van der Waals surface area contributed by atoms with Crippen molar-refractivity contribution in [2.75, 3.05) is 5.32 Å². The molecule has 1 N–H and O–H groups in total. The fourth-order valence-corrected chi connectivity index (χ4v) is 1.15. The van der Waals surface area contributed by atoms with Gasteiger partial charge in [0, 0.05) is 13.1 Å². The number of rotatable bonds is 1. The highest BCUT2D eigenvalue weighted by atomic mass is 16.1. The zero-order valence-corrected chi connectivity index (χ0v) is 11.1. The summed E-state index contributed by atoms with van der Waals surface area (Å²) in [6.07, 6.45) is 1.71. The first-order chi connectivity index (χ1) is 7.39. The number of amides is 1. The predicted molar refractivity (Wildman–Crippen MR) is 68.6 cm³/mol. The SMILES string of the molecule is CC.CC(=O)Nc1cc(C(C)(C)C)ccn1. The number of pyridine rings is 1. The first kappa shape index (κ1) is 14.6. The van der Waals surface area contributed by atoms with Gasteiger partial charge < -0.3 is 5.32 Å². The molecule has 3 nitrogen and oxygen atoms in total. The summed E-state index contributed by atoms with van der Waals surface area (Å²) < 4.78 is 0. The zero-order chi connectivity index (χ0) is 12.8. The third-order valence-corrected chi connectivity index (χ3v) is 1.93. The van der Waals surface area contributed by atoms with Crippen LogP contribution < -0.4 is 5.32 Å². The molecule has 0 aromatic carbocycles. The highest BCUT2D eigenvalue weighted by Gasteiger charge is 2.14. The van der Waals surface area contributed by atoms with Gasteiger partial charge in [-0.25, -0.2) is 4.98 Å². The van der Waals surface area contributed by atoms with Gasteiger partial charge in [-0.2, -0.15) is 0 Å². The Labute approximate surface area is 98.3 Å². The summed E-state index contributed by atoms with van der Waals surface area (Å²) in [5, 5.41) is 2.67. The standard InChI is InChI=1S/C11H16N2O.C2H6/c1-8(14)13-10-7-9(5-6-12-10)11(2,3)4;1-2/h5-7H,1-4H3,(H,12,13,14);1-2H3. The molecule has 0 fully saturated rings. The van der Waals surface area contributed by atoms with Crippen molar-refractivity contribution in [1.82, 2.24) is 4.98 Å². The van der Waals surface area contributed by atoms with E-state index < -0.39 is 0 Å². The third kappa shape index (κ3) is 4.91. The van der Waals surface area contributed by atoms with Gasteiger partial charge in [0.25, 0.3) is 0 Å². The van der Waals surface area contributed by atoms with Crippen molar-refractivity contribution in [3.63, 3.8) is 0 Å². The van der Waals surface area contributed by atoms with Gasteiger partial charge >= 0.3 is 0 Å². The molecule has 0 saturated carbocycles. The second kappa shape index (κ2) is 6.26. The van der Waals surface area contributed by atoms with Crippen LogP contribution in [0.2, 0.25) is 0 Å². The van der Waals surface area contributed by atoms with E-state index in [4.69, 9.17) is 0 Å². The van der Waals surface area contributed by atoms with Crippen LogP contribution in [0.4, 0.5) is 5.82 Å². The number of nitrogens with one attached hydrogen (secondary N) is 1. The Morgan fingerprint density at radius 1 is 1.31 bits per heavy atom. The minimum atomic E-state index is -0.0939. The van der Waals surface area contributed by atoms with Gasteiger partial charge in [-0.05, 0) is 23.1 Å². The molecule has 1 aromatic rings. The molecule has 1 heterocycles. The van der Waals surface area contributed by atoms with E-state index in [1.807, 2.05) is 26.0 Å². The van der Waals surface area contributed by atoms with E-state index in [1.165, 1.54) is 6.92 Å². The molecule has 90 valence electrons. The molecule has 3 heteroatoms. The van der Waals surface area contributed by atoms with E-state index in [2.05, 4.69) is 31.1 Å². The van der Waals surface area contributed by atoms with Crippen LogP contribution in [-0.2, 0) is 10.2 Å². The molecular weight excluding hydrogens is 200 g/mol. The Balaban J connectivity index is 0.00000106. The molecule has 0 aliphatic rings. The van der Waals surface area contributed by atoms with E-state index in [-0.39, 0.29) is 11.3 Å². The zero-order valence-electron chi connectivity index (χ0n) is 11.1. The summed E-state index contributed by atoms with van der Waals surface area (Å²) in [6, 6.07) is 3.87. The molecule has 0 radical (unpaired) electrons. The van der Waals surface area contributed by atoms with Gasteiger partial charge in [-0.3, -0.25) is 4.79 Å². The third-order valence-electron chi connectivity index (χ3n) is 1.93. The van der Waals surface area contributed by atoms with Gasteiger partial charge in [0.1, 0.15) is 5.82 Å². The maximum absolute atomic E-state index is 10.8. The number of anilines is 1. The molecule has 0 aliphatic heterocycles. The lowest BCUT2D eigenvalue weighted by Crippen LogP contribution is -2.13. The monoisotopic (exact) mass is 222 g/mol. The number of hydrogen-bond donors (Lipinski definition) is 1. The van der Waals surface area contributed by atoms with Crippen molar-refractivity contribution in [3.05, 3.63) is 23.9 Å². The number of aromatic nitrogens is 1. The van der Waals surface area contributed by atoms with E-state index in [0.717, 1.165) is 5.56 Å². The highest BCUT2D eigenvalue weighted by Crippen LogP contribution is 2.23. The fourth-order valence-electron chi connectivity index (χ4n) is 1.15. The van der Waals surface area contributed by atoms with Crippen molar-refractivity contribution in [2.45, 2.75) is 47.0 Å². The second-order valence-corrected chi connectivity index (χ2v) is 4.36. The lowest BCUT2D eigenvalue weighted by atomic mass is 9.88. The molecule has 0 spiro atoms. The highest BCUT2D eigenvalue weighted by molar-refractivity contribution is 5.87. The normalized spacial score (nSPS) is 10.1. The van der Waals surface area contributed by atoms with Crippen LogP contribution in [0.5, 0.6) is 0 Å². The van der Waals surface area contributed by atoms with Gasteiger partial charge in [0.05, 0.1) is 0 Å². The van der Waals surface area contributed by atoms with Crippen LogP contribution in [0.15, 0.2) is 18.3 Å². The van der Waals surface area contributed by atoms with Crippen molar-refractivity contribution < 1.29 is 4.79 Å². The molecule has 0 unspecified atom stereocenters. The van der Waals surface area contributed by atoms with E-state index in [1.54, 1.807) is 6.20 Å². The number of carbonyl (C=O) groups excluding carboxylic acids is 1. The lowest BCUT2D eigenvalue weighted by Gasteiger charge is -2.19. The quantitative estimate of drug-likeness (QED) is 0.791. The number of nitrogens with zero attached hydrogens (tertiary/aromatic N) is 1. The Morgan fingerprint density at radius 3 is 2.31 bits per heavy atom. The average Bonchev–Trinajstić information content (AvgIpc) is 2.19. The van der Waals surface area contributed by atoms with Gasteiger partial charge in [-0.15, -0.1) is 0 Å². The van der Waals surface area contributed by atoms with Gasteiger partial charge in [0.2, 0.25) is 5.91 Å². The van der Waals surface area contributed by atoms with E-state index in [9.17, 15) is 4.79 Å². The van der Waals surface area contributed by atoms with Crippen LogP contribution in [0.1, 0.15) is 47.1 Å². The lowest BCUT2D eigenvalue weighted by molar-refractivity contribution is -0.114. The molecule has 0 saturated heterocycles. The van der Waals surface area contributed by atoms with Crippen LogP contribution in [0.25, 0.3) is 0 Å². The van der Waals surface area contributed by atoms with Crippen molar-refractivity contribution in [3.8, 4) is 0 Å². The predicted octanol–water partition coefficient (Wildman–Crippen LogP) is 3.36. The summed E-state index contributed by atoms with van der Waals surface area (Å²) in [6.45, 7) is 11.9. The van der Waals surface area contributed by atoms with Gasteiger partial charge in [0.15, 0.2) is 0 Å². The largest absolute Gasteiger partial charge is 0.311 e. The van der Waals surface area contributed by atoms with Crippen LogP contribution >= 0.6 is 0 Å². The van der Waals surface area contributed by atoms with Crippen LogP contribution in [0, 0.1) is 0 Å². The van der Waals surface area contributed by atoms with Crippen molar-refractivity contribution in [1.29, 1.82) is 0 Å². The van der Waals surface area contributed by atoms with Crippen molar-refractivity contribution in [2.24, 2.45) is 0 Å². The van der Waals surface area contributed by atoms with E-state index >= 15 is 0 Å². The molecule has 0 bridgehead atoms. The topological polar surface area (TPSA) is 42.0 Å². The number of carbonyl (C=O) groups is 1. The Morgan fingerprint density at radius 2 is 1.88 bits per heavy atom. The van der Waals surface area contributed by atoms with Crippen LogP contribution in [-0.4, -0.2) is 10.9 Å². The van der Waals surface area contributed by atoms with E-state index in [0.29, 0.717) is 5.82 Å².